The number of rotatable bonds is 4. The summed E-state index contributed by atoms with van der Waals surface area (Å²) in [7, 11) is 1.33. The second kappa shape index (κ2) is 7.60. The number of hydrogen-bond donors (Lipinski definition) is 1. The first-order valence-electron chi connectivity index (χ1n) is 8.89. The van der Waals surface area contributed by atoms with Crippen LogP contribution in [-0.2, 0) is 14.3 Å². The summed E-state index contributed by atoms with van der Waals surface area (Å²) in [5.41, 5.74) is 2.66. The lowest BCUT2D eigenvalue weighted by molar-refractivity contribution is -0.137. The van der Waals surface area contributed by atoms with Gasteiger partial charge in [0.15, 0.2) is 17.3 Å². The summed E-state index contributed by atoms with van der Waals surface area (Å²) in [4.78, 5) is 24.4. The predicted molar refractivity (Wildman–Crippen MR) is 101 cm³/mol. The maximum absolute atomic E-state index is 12.8. The van der Waals surface area contributed by atoms with E-state index in [2.05, 4.69) is 11.4 Å². The van der Waals surface area contributed by atoms with Crippen molar-refractivity contribution in [3.05, 3.63) is 45.6 Å². The number of esters is 1. The van der Waals surface area contributed by atoms with E-state index in [0.29, 0.717) is 34.1 Å². The third-order valence-electron chi connectivity index (χ3n) is 4.95. The fraction of sp³-hybridized carbons (Fsp3) is 0.350. The SMILES string of the molecule is COC(=O)CSC1=C(C#N)[C@@H](c2ccc3c(c2)OCO3)C2=C(CCCC2=O)N1. The van der Waals surface area contributed by atoms with Crippen molar-refractivity contribution >= 4 is 23.5 Å². The molecule has 1 atom stereocenters. The first-order valence-corrected chi connectivity index (χ1v) is 9.87. The number of benzene rings is 1. The molecule has 0 unspecified atom stereocenters. The van der Waals surface area contributed by atoms with E-state index in [-0.39, 0.29) is 24.3 Å². The number of ether oxygens (including phenoxy) is 3. The molecule has 3 aliphatic rings. The maximum Gasteiger partial charge on any atom is 0.316 e. The number of Topliss-reactive ketones (excluding diaryl/α,β-unsaturated/α-hetero) is 1. The molecule has 0 saturated heterocycles. The Balaban J connectivity index is 1.79. The molecule has 0 radical (unpaired) electrons. The largest absolute Gasteiger partial charge is 0.468 e. The van der Waals surface area contributed by atoms with E-state index in [0.717, 1.165) is 24.1 Å². The van der Waals surface area contributed by atoms with Crippen LogP contribution in [0.1, 0.15) is 30.7 Å². The molecule has 1 aromatic carbocycles. The fourth-order valence-corrected chi connectivity index (χ4v) is 4.55. The number of hydrogen-bond acceptors (Lipinski definition) is 8. The quantitative estimate of drug-likeness (QED) is 0.773. The molecule has 4 rings (SSSR count). The summed E-state index contributed by atoms with van der Waals surface area (Å²) in [5, 5.41) is 13.7. The number of carbonyl (C=O) groups is 2. The van der Waals surface area contributed by atoms with Crippen LogP contribution in [0.4, 0.5) is 0 Å². The number of dihydropyridines is 1. The molecule has 0 aromatic heterocycles. The second-order valence-corrected chi connectivity index (χ2v) is 7.54. The maximum atomic E-state index is 12.8. The van der Waals surface area contributed by atoms with E-state index < -0.39 is 5.92 Å². The molecule has 1 aliphatic carbocycles. The van der Waals surface area contributed by atoms with E-state index in [1.807, 2.05) is 12.1 Å². The highest BCUT2D eigenvalue weighted by Gasteiger charge is 2.37. The summed E-state index contributed by atoms with van der Waals surface area (Å²) < 4.78 is 15.6. The Hall–Kier alpha value is -2.92. The third kappa shape index (κ3) is 3.22. The van der Waals surface area contributed by atoms with Crippen LogP contribution < -0.4 is 14.8 Å². The van der Waals surface area contributed by atoms with Crippen molar-refractivity contribution in [1.29, 1.82) is 5.26 Å². The van der Waals surface area contributed by atoms with E-state index in [1.165, 1.54) is 18.9 Å². The zero-order valence-corrected chi connectivity index (χ0v) is 16.1. The van der Waals surface area contributed by atoms with Gasteiger partial charge in [0.1, 0.15) is 0 Å². The number of nitrogens with zero attached hydrogens (tertiary/aromatic N) is 1. The molecule has 0 saturated carbocycles. The zero-order valence-electron chi connectivity index (χ0n) is 15.2. The lowest BCUT2D eigenvalue weighted by Gasteiger charge is -2.33. The molecule has 28 heavy (non-hydrogen) atoms. The van der Waals surface area contributed by atoms with Gasteiger partial charge < -0.3 is 19.5 Å². The Morgan fingerprint density at radius 2 is 2.18 bits per heavy atom. The highest BCUT2D eigenvalue weighted by atomic mass is 32.2. The average Bonchev–Trinajstić information content (AvgIpc) is 3.18. The standard InChI is InChI=1S/C20H18N2O5S/c1-25-17(24)9-28-20-12(8-21)18(19-13(22-20)3-2-4-14(19)23)11-5-6-15-16(7-11)27-10-26-15/h5-7,18,22H,2-4,9-10H2,1H3/t18-/m1/s1. The van der Waals surface area contributed by atoms with Gasteiger partial charge in [0.05, 0.1) is 35.5 Å². The van der Waals surface area contributed by atoms with Gasteiger partial charge in [0.2, 0.25) is 6.79 Å². The Morgan fingerprint density at radius 3 is 2.96 bits per heavy atom. The number of allylic oxidation sites excluding steroid dienone is 3. The molecule has 2 aliphatic heterocycles. The van der Waals surface area contributed by atoms with Crippen LogP contribution in [0.15, 0.2) is 40.1 Å². The second-order valence-electron chi connectivity index (χ2n) is 6.56. The van der Waals surface area contributed by atoms with Crippen molar-refractivity contribution in [3.8, 4) is 17.6 Å². The van der Waals surface area contributed by atoms with E-state index >= 15 is 0 Å². The van der Waals surface area contributed by atoms with Crippen LogP contribution >= 0.6 is 11.8 Å². The van der Waals surface area contributed by atoms with Crippen molar-refractivity contribution in [2.75, 3.05) is 19.7 Å². The van der Waals surface area contributed by atoms with Crippen LogP contribution in [0.5, 0.6) is 11.5 Å². The number of fused-ring (bicyclic) bond motifs is 1. The Labute approximate surface area is 166 Å². The Morgan fingerprint density at radius 1 is 1.36 bits per heavy atom. The van der Waals surface area contributed by atoms with Gasteiger partial charge in [-0.05, 0) is 30.5 Å². The highest BCUT2D eigenvalue weighted by Crippen LogP contribution is 2.46. The first-order chi connectivity index (χ1) is 13.6. The molecule has 0 spiro atoms. The molecule has 0 amide bonds. The van der Waals surface area contributed by atoms with Gasteiger partial charge in [-0.1, -0.05) is 17.8 Å². The molecule has 1 N–H and O–H groups in total. The average molecular weight is 398 g/mol. The van der Waals surface area contributed by atoms with Crippen molar-refractivity contribution in [1.82, 2.24) is 5.32 Å². The molecule has 0 bridgehead atoms. The fourth-order valence-electron chi connectivity index (χ4n) is 3.65. The van der Waals surface area contributed by atoms with Crippen molar-refractivity contribution in [3.63, 3.8) is 0 Å². The summed E-state index contributed by atoms with van der Waals surface area (Å²) in [6, 6.07) is 7.73. The smallest absolute Gasteiger partial charge is 0.316 e. The Bertz CT molecular complexity index is 960. The van der Waals surface area contributed by atoms with Gasteiger partial charge in [-0.3, -0.25) is 9.59 Å². The molecule has 0 fully saturated rings. The number of thioether (sulfide) groups is 1. The number of carbonyl (C=O) groups excluding carboxylic acids is 2. The minimum atomic E-state index is -0.497. The van der Waals surface area contributed by atoms with Crippen molar-refractivity contribution in [2.24, 2.45) is 0 Å². The molecule has 1 aromatic rings. The molecule has 8 heteroatoms. The Kier molecular flexibility index (Phi) is 5.01. The molecular weight excluding hydrogens is 380 g/mol. The zero-order chi connectivity index (χ0) is 19.7. The van der Waals surface area contributed by atoms with Crippen molar-refractivity contribution < 1.29 is 23.8 Å². The number of ketones is 1. The first kappa shape index (κ1) is 18.4. The summed E-state index contributed by atoms with van der Waals surface area (Å²) in [6.07, 6.45) is 1.95. The van der Waals surface area contributed by atoms with Crippen LogP contribution in [-0.4, -0.2) is 31.4 Å². The van der Waals surface area contributed by atoms with Gasteiger partial charge in [-0.15, -0.1) is 0 Å². The molecule has 2 heterocycles. The van der Waals surface area contributed by atoms with E-state index in [1.54, 1.807) is 6.07 Å². The van der Waals surface area contributed by atoms with Gasteiger partial charge in [0.25, 0.3) is 0 Å². The molecular formula is C20H18N2O5S. The van der Waals surface area contributed by atoms with Crippen LogP contribution in [0.25, 0.3) is 0 Å². The summed E-state index contributed by atoms with van der Waals surface area (Å²) >= 11 is 1.21. The minimum absolute atomic E-state index is 0.0428. The predicted octanol–water partition coefficient (Wildman–Crippen LogP) is 2.75. The third-order valence-corrected chi connectivity index (χ3v) is 5.95. The highest BCUT2D eigenvalue weighted by molar-refractivity contribution is 8.03. The van der Waals surface area contributed by atoms with Gasteiger partial charge in [0, 0.05) is 17.7 Å². The lowest BCUT2D eigenvalue weighted by Crippen LogP contribution is -2.31. The van der Waals surface area contributed by atoms with Gasteiger partial charge in [-0.25, -0.2) is 0 Å². The van der Waals surface area contributed by atoms with E-state index in [9.17, 15) is 14.9 Å². The molecule has 144 valence electrons. The van der Waals surface area contributed by atoms with Crippen LogP contribution in [0.2, 0.25) is 0 Å². The molecule has 7 nitrogen and oxygen atoms in total. The minimum Gasteiger partial charge on any atom is -0.468 e. The van der Waals surface area contributed by atoms with Crippen LogP contribution in [0, 0.1) is 11.3 Å². The monoisotopic (exact) mass is 398 g/mol. The van der Waals surface area contributed by atoms with Crippen molar-refractivity contribution in [2.45, 2.75) is 25.2 Å². The number of nitrogens with one attached hydrogen (secondary N) is 1. The lowest BCUT2D eigenvalue weighted by atomic mass is 9.77. The number of nitriles is 1. The van der Waals surface area contributed by atoms with Gasteiger partial charge >= 0.3 is 5.97 Å². The topological polar surface area (TPSA) is 97.7 Å². The normalized spacial score (nSPS) is 20.4. The summed E-state index contributed by atoms with van der Waals surface area (Å²) in [6.45, 7) is 0.152. The van der Waals surface area contributed by atoms with Gasteiger partial charge in [-0.2, -0.15) is 5.26 Å². The van der Waals surface area contributed by atoms with E-state index in [4.69, 9.17) is 14.2 Å². The summed E-state index contributed by atoms with van der Waals surface area (Å²) in [5.74, 6) is 0.488. The number of methoxy groups -OCH3 is 1. The van der Waals surface area contributed by atoms with Crippen LogP contribution in [0.3, 0.4) is 0 Å².